The van der Waals surface area contributed by atoms with Crippen LogP contribution in [0.4, 0.5) is 4.39 Å². The molecule has 0 saturated heterocycles. The number of benzene rings is 1. The lowest BCUT2D eigenvalue weighted by Crippen LogP contribution is -2.13. The summed E-state index contributed by atoms with van der Waals surface area (Å²) < 4.78 is 20.8. The lowest BCUT2D eigenvalue weighted by Gasteiger charge is -2.09. The minimum Gasteiger partial charge on any atom is -0.459 e. The van der Waals surface area contributed by atoms with E-state index in [0.717, 1.165) is 22.3 Å². The minimum atomic E-state index is -0.276. The smallest absolute Gasteiger partial charge is 0.134 e. The molecule has 0 spiro atoms. The summed E-state index contributed by atoms with van der Waals surface area (Å²) in [5.41, 5.74) is 10.1. The van der Waals surface area contributed by atoms with E-state index in [2.05, 4.69) is 5.10 Å². The molecule has 1 aromatic carbocycles. The Kier molecular flexibility index (Phi) is 3.29. The largest absolute Gasteiger partial charge is 0.459 e. The molecule has 0 saturated carbocycles. The van der Waals surface area contributed by atoms with Crippen molar-refractivity contribution in [3.8, 4) is 0 Å². The van der Waals surface area contributed by atoms with Crippen molar-refractivity contribution in [2.45, 2.75) is 26.3 Å². The summed E-state index contributed by atoms with van der Waals surface area (Å²) in [6.07, 6.45) is 0.647. The summed E-state index contributed by atoms with van der Waals surface area (Å²) in [5, 5.41) is 5.13. The van der Waals surface area contributed by atoms with Gasteiger partial charge in [0.25, 0.3) is 0 Å². The van der Waals surface area contributed by atoms with Crippen LogP contribution in [0.5, 0.6) is 0 Å². The van der Waals surface area contributed by atoms with Gasteiger partial charge in [0, 0.05) is 18.1 Å². The van der Waals surface area contributed by atoms with E-state index in [0.29, 0.717) is 17.8 Å². The van der Waals surface area contributed by atoms with Crippen molar-refractivity contribution < 1.29 is 8.81 Å². The molecule has 0 amide bonds. The van der Waals surface area contributed by atoms with Gasteiger partial charge in [0.1, 0.15) is 17.2 Å². The number of furan rings is 1. The number of hydrogen-bond acceptors (Lipinski definition) is 3. The molecule has 21 heavy (non-hydrogen) atoms. The highest BCUT2D eigenvalue weighted by atomic mass is 19.1. The van der Waals surface area contributed by atoms with Gasteiger partial charge in [-0.2, -0.15) is 5.10 Å². The van der Waals surface area contributed by atoms with Gasteiger partial charge < -0.3 is 10.2 Å². The average molecular weight is 287 g/mol. The molecule has 0 aliphatic carbocycles. The highest BCUT2D eigenvalue weighted by molar-refractivity contribution is 5.78. The average Bonchev–Trinajstić information content (AvgIpc) is 2.95. The van der Waals surface area contributed by atoms with E-state index >= 15 is 0 Å². The Balaban J connectivity index is 1.91. The van der Waals surface area contributed by atoms with Crippen LogP contribution in [0, 0.1) is 19.7 Å². The van der Waals surface area contributed by atoms with Crippen molar-refractivity contribution in [3.63, 3.8) is 0 Å². The third kappa shape index (κ3) is 2.45. The molecule has 1 unspecified atom stereocenters. The van der Waals surface area contributed by atoms with Gasteiger partial charge in [-0.1, -0.05) is 0 Å². The van der Waals surface area contributed by atoms with Gasteiger partial charge in [-0.15, -0.1) is 0 Å². The summed E-state index contributed by atoms with van der Waals surface area (Å²) in [7, 11) is 1.92. The van der Waals surface area contributed by atoms with E-state index in [-0.39, 0.29) is 11.9 Å². The second-order valence-electron chi connectivity index (χ2n) is 5.41. The SMILES string of the molecule is Cc1nn(C)c(C)c1CC(N)c1cc2cc(F)ccc2o1. The molecule has 0 radical (unpaired) electrons. The van der Waals surface area contributed by atoms with Crippen LogP contribution in [-0.2, 0) is 13.5 Å². The predicted molar refractivity (Wildman–Crippen MR) is 79.5 cm³/mol. The number of hydrogen-bond donors (Lipinski definition) is 1. The van der Waals surface area contributed by atoms with Crippen LogP contribution in [0.1, 0.15) is 28.8 Å². The number of halogens is 1. The van der Waals surface area contributed by atoms with Gasteiger partial charge in [-0.3, -0.25) is 4.68 Å². The van der Waals surface area contributed by atoms with E-state index in [1.54, 1.807) is 6.07 Å². The predicted octanol–water partition coefficient (Wildman–Crippen LogP) is 3.16. The number of rotatable bonds is 3. The van der Waals surface area contributed by atoms with Crippen molar-refractivity contribution in [1.82, 2.24) is 9.78 Å². The molecule has 0 aliphatic rings. The van der Waals surface area contributed by atoms with Crippen LogP contribution in [0.3, 0.4) is 0 Å². The van der Waals surface area contributed by atoms with Crippen LogP contribution in [-0.4, -0.2) is 9.78 Å². The summed E-state index contributed by atoms with van der Waals surface area (Å²) >= 11 is 0. The zero-order valence-electron chi connectivity index (χ0n) is 12.4. The Morgan fingerprint density at radius 3 is 2.76 bits per heavy atom. The summed E-state index contributed by atoms with van der Waals surface area (Å²) in [6.45, 7) is 4.00. The minimum absolute atomic E-state index is 0.276. The number of fused-ring (bicyclic) bond motifs is 1. The fourth-order valence-electron chi connectivity index (χ4n) is 2.65. The summed E-state index contributed by atoms with van der Waals surface area (Å²) in [5.74, 6) is 0.389. The third-order valence-electron chi connectivity index (χ3n) is 3.95. The van der Waals surface area contributed by atoms with Gasteiger partial charge in [-0.25, -0.2) is 4.39 Å². The third-order valence-corrected chi connectivity index (χ3v) is 3.95. The molecule has 3 rings (SSSR count). The Labute approximate surface area is 122 Å². The molecular weight excluding hydrogens is 269 g/mol. The molecule has 1 atom stereocenters. The first-order valence-corrected chi connectivity index (χ1v) is 6.89. The highest BCUT2D eigenvalue weighted by Gasteiger charge is 2.17. The van der Waals surface area contributed by atoms with E-state index in [9.17, 15) is 4.39 Å². The van der Waals surface area contributed by atoms with E-state index in [1.165, 1.54) is 12.1 Å². The lowest BCUT2D eigenvalue weighted by molar-refractivity contribution is 0.493. The first-order chi connectivity index (χ1) is 9.95. The molecule has 2 heterocycles. The van der Waals surface area contributed by atoms with Crippen LogP contribution in [0.15, 0.2) is 28.7 Å². The number of nitrogens with zero attached hydrogens (tertiary/aromatic N) is 2. The lowest BCUT2D eigenvalue weighted by atomic mass is 10.0. The van der Waals surface area contributed by atoms with Gasteiger partial charge in [-0.05, 0) is 50.1 Å². The summed E-state index contributed by atoms with van der Waals surface area (Å²) in [6, 6.07) is 6.00. The first-order valence-electron chi connectivity index (χ1n) is 6.89. The van der Waals surface area contributed by atoms with Gasteiger partial charge in [0.15, 0.2) is 0 Å². The van der Waals surface area contributed by atoms with Gasteiger partial charge >= 0.3 is 0 Å². The van der Waals surface area contributed by atoms with Crippen LogP contribution >= 0.6 is 0 Å². The molecule has 0 bridgehead atoms. The maximum Gasteiger partial charge on any atom is 0.134 e. The van der Waals surface area contributed by atoms with Gasteiger partial charge in [0.05, 0.1) is 11.7 Å². The number of aromatic nitrogens is 2. The highest BCUT2D eigenvalue weighted by Crippen LogP contribution is 2.27. The number of nitrogens with two attached hydrogens (primary N) is 1. The standard InChI is InChI=1S/C16H18FN3O/c1-9-13(10(2)20(3)19-9)8-14(18)16-7-11-6-12(17)4-5-15(11)21-16/h4-7,14H,8,18H2,1-3H3. The van der Waals surface area contributed by atoms with Crippen molar-refractivity contribution in [2.24, 2.45) is 12.8 Å². The maximum absolute atomic E-state index is 13.2. The second kappa shape index (κ2) is 5.00. The van der Waals surface area contributed by atoms with E-state index < -0.39 is 0 Å². The molecule has 5 heteroatoms. The van der Waals surface area contributed by atoms with E-state index in [4.69, 9.17) is 10.2 Å². The molecular formula is C16H18FN3O. The van der Waals surface area contributed by atoms with Crippen molar-refractivity contribution >= 4 is 11.0 Å². The van der Waals surface area contributed by atoms with Crippen LogP contribution < -0.4 is 5.73 Å². The fourth-order valence-corrected chi connectivity index (χ4v) is 2.65. The molecule has 0 aliphatic heterocycles. The zero-order valence-corrected chi connectivity index (χ0v) is 12.4. The second-order valence-corrected chi connectivity index (χ2v) is 5.41. The quantitative estimate of drug-likeness (QED) is 0.805. The molecule has 110 valence electrons. The van der Waals surface area contributed by atoms with Crippen molar-refractivity contribution in [3.05, 3.63) is 52.8 Å². The van der Waals surface area contributed by atoms with Gasteiger partial charge in [0.2, 0.25) is 0 Å². The monoisotopic (exact) mass is 287 g/mol. The molecule has 0 fully saturated rings. The van der Waals surface area contributed by atoms with Crippen molar-refractivity contribution in [1.29, 1.82) is 0 Å². The van der Waals surface area contributed by atoms with Crippen molar-refractivity contribution in [2.75, 3.05) is 0 Å². The molecule has 4 nitrogen and oxygen atoms in total. The first kappa shape index (κ1) is 13.8. The molecule has 2 N–H and O–H groups in total. The van der Waals surface area contributed by atoms with E-state index in [1.807, 2.05) is 31.6 Å². The topological polar surface area (TPSA) is 57.0 Å². The molecule has 3 aromatic rings. The zero-order chi connectivity index (χ0) is 15.1. The fraction of sp³-hybridized carbons (Fsp3) is 0.312. The Morgan fingerprint density at radius 1 is 1.33 bits per heavy atom. The van der Waals surface area contributed by atoms with Crippen LogP contribution in [0.25, 0.3) is 11.0 Å². The Bertz CT molecular complexity index is 803. The number of aryl methyl sites for hydroxylation is 2. The normalized spacial score (nSPS) is 13.0. The maximum atomic E-state index is 13.2. The van der Waals surface area contributed by atoms with Crippen LogP contribution in [0.2, 0.25) is 0 Å². The Morgan fingerprint density at radius 2 is 2.10 bits per heavy atom. The Hall–Kier alpha value is -2.14. The molecule has 2 aromatic heterocycles. The summed E-state index contributed by atoms with van der Waals surface area (Å²) in [4.78, 5) is 0.